The van der Waals surface area contributed by atoms with Crippen LogP contribution in [0.5, 0.6) is 0 Å². The largest absolute Gasteiger partial charge is 0.377 e. The average Bonchev–Trinajstić information content (AvgIpc) is 2.97. The Morgan fingerprint density at radius 1 is 1.35 bits per heavy atom. The van der Waals surface area contributed by atoms with Crippen LogP contribution in [-0.2, 0) is 11.2 Å². The summed E-state index contributed by atoms with van der Waals surface area (Å²) in [7, 11) is 1.74. The van der Waals surface area contributed by atoms with Crippen molar-refractivity contribution in [2.75, 3.05) is 20.2 Å². The van der Waals surface area contributed by atoms with Crippen LogP contribution in [0.25, 0.3) is 0 Å². The number of halogens is 3. The topological polar surface area (TPSA) is 45.7 Å². The smallest absolute Gasteiger partial charge is 0.191 e. The first kappa shape index (κ1) is 19.8. The van der Waals surface area contributed by atoms with Gasteiger partial charge in [0.15, 0.2) is 5.96 Å². The van der Waals surface area contributed by atoms with Crippen molar-refractivity contribution >= 4 is 29.9 Å². The molecule has 3 atom stereocenters. The molecule has 3 aliphatic rings. The summed E-state index contributed by atoms with van der Waals surface area (Å²) in [5.74, 6) is 0.523. The number of aliphatic imine (C=N–C) groups is 1. The third-order valence-electron chi connectivity index (χ3n) is 6.25. The standard InChI is InChI=1S/C19H25F2N3O.HI/c1-22-18(23-9-5-12-11-13(20)3-4-15(12)21)24-16-14-6-10-25-17(14)19(16)7-2-8-19;/h3-4,11,14,16-17H,2,5-10H2,1H3,(H2,22,23,24);1H. The van der Waals surface area contributed by atoms with E-state index < -0.39 is 5.82 Å². The quantitative estimate of drug-likeness (QED) is 0.398. The van der Waals surface area contributed by atoms with Gasteiger partial charge in [-0.15, -0.1) is 24.0 Å². The molecule has 1 aliphatic heterocycles. The second kappa shape index (κ2) is 7.96. The fourth-order valence-electron chi connectivity index (χ4n) is 4.85. The summed E-state index contributed by atoms with van der Waals surface area (Å²) in [5.41, 5.74) is 0.666. The molecule has 0 aromatic heterocycles. The first-order chi connectivity index (χ1) is 12.1. The van der Waals surface area contributed by atoms with Crippen LogP contribution in [0.15, 0.2) is 23.2 Å². The summed E-state index contributed by atoms with van der Waals surface area (Å²) in [4.78, 5) is 4.30. The van der Waals surface area contributed by atoms with Crippen molar-refractivity contribution in [1.82, 2.24) is 10.6 Å². The van der Waals surface area contributed by atoms with Crippen molar-refractivity contribution in [3.63, 3.8) is 0 Å². The maximum absolute atomic E-state index is 13.7. The van der Waals surface area contributed by atoms with Crippen molar-refractivity contribution in [2.24, 2.45) is 16.3 Å². The molecule has 4 nitrogen and oxygen atoms in total. The Labute approximate surface area is 170 Å². The zero-order valence-electron chi connectivity index (χ0n) is 14.9. The van der Waals surface area contributed by atoms with Crippen LogP contribution < -0.4 is 10.6 Å². The molecule has 26 heavy (non-hydrogen) atoms. The van der Waals surface area contributed by atoms with Gasteiger partial charge in [0.1, 0.15) is 11.6 Å². The SMILES string of the molecule is CN=C(NCCc1cc(F)ccc1F)NC1C2CCOC2C12CCC2.I. The first-order valence-electron chi connectivity index (χ1n) is 9.17. The van der Waals surface area contributed by atoms with E-state index in [4.69, 9.17) is 4.74 Å². The molecule has 0 radical (unpaired) electrons. The number of ether oxygens (including phenoxy) is 1. The number of guanidine groups is 1. The molecule has 2 aliphatic carbocycles. The number of nitrogens with one attached hydrogen (secondary N) is 2. The van der Waals surface area contributed by atoms with E-state index in [2.05, 4.69) is 15.6 Å². The zero-order chi connectivity index (χ0) is 17.4. The Hall–Kier alpha value is -0.960. The highest BCUT2D eigenvalue weighted by molar-refractivity contribution is 14.0. The molecule has 1 heterocycles. The molecule has 4 rings (SSSR count). The Kier molecular flexibility index (Phi) is 6.06. The lowest BCUT2D eigenvalue weighted by Crippen LogP contribution is -2.72. The van der Waals surface area contributed by atoms with E-state index in [0.29, 0.717) is 36.6 Å². The number of fused-ring (bicyclic) bond motifs is 2. The molecule has 144 valence electrons. The molecule has 0 bridgehead atoms. The fourth-order valence-corrected chi connectivity index (χ4v) is 4.85. The van der Waals surface area contributed by atoms with E-state index in [-0.39, 0.29) is 35.2 Å². The third-order valence-corrected chi connectivity index (χ3v) is 6.25. The highest BCUT2D eigenvalue weighted by atomic mass is 127. The van der Waals surface area contributed by atoms with E-state index in [1.54, 1.807) is 7.05 Å². The van der Waals surface area contributed by atoms with E-state index in [9.17, 15) is 8.78 Å². The van der Waals surface area contributed by atoms with Crippen molar-refractivity contribution < 1.29 is 13.5 Å². The van der Waals surface area contributed by atoms with Crippen molar-refractivity contribution in [1.29, 1.82) is 0 Å². The number of nitrogens with zero attached hydrogens (tertiary/aromatic N) is 1. The van der Waals surface area contributed by atoms with Gasteiger partial charge in [-0.25, -0.2) is 8.78 Å². The van der Waals surface area contributed by atoms with Crippen LogP contribution in [0, 0.1) is 23.0 Å². The summed E-state index contributed by atoms with van der Waals surface area (Å²) in [6.45, 7) is 1.37. The van der Waals surface area contributed by atoms with E-state index in [1.807, 2.05) is 0 Å². The van der Waals surface area contributed by atoms with Gasteiger partial charge in [-0.2, -0.15) is 0 Å². The molecule has 2 saturated carbocycles. The fraction of sp³-hybridized carbons (Fsp3) is 0.632. The van der Waals surface area contributed by atoms with E-state index in [1.165, 1.54) is 31.4 Å². The molecule has 1 aromatic carbocycles. The van der Waals surface area contributed by atoms with Crippen LogP contribution in [0.4, 0.5) is 8.78 Å². The maximum atomic E-state index is 13.7. The van der Waals surface area contributed by atoms with Crippen LogP contribution in [0.2, 0.25) is 0 Å². The van der Waals surface area contributed by atoms with Crippen molar-refractivity contribution in [3.05, 3.63) is 35.4 Å². The minimum atomic E-state index is -0.410. The minimum absolute atomic E-state index is 0. The molecule has 7 heteroatoms. The molecule has 3 unspecified atom stereocenters. The van der Waals surface area contributed by atoms with Crippen LogP contribution in [0.3, 0.4) is 0 Å². The molecule has 1 spiro atoms. The monoisotopic (exact) mass is 477 g/mol. The Balaban J connectivity index is 0.00000196. The Morgan fingerprint density at radius 3 is 2.85 bits per heavy atom. The predicted octanol–water partition coefficient (Wildman–Crippen LogP) is 3.25. The Morgan fingerprint density at radius 2 is 2.15 bits per heavy atom. The average molecular weight is 477 g/mol. The molecule has 1 aromatic rings. The summed E-state index contributed by atoms with van der Waals surface area (Å²) >= 11 is 0. The van der Waals surface area contributed by atoms with Gasteiger partial charge in [0.2, 0.25) is 0 Å². The van der Waals surface area contributed by atoms with Crippen LogP contribution >= 0.6 is 24.0 Å². The summed E-state index contributed by atoms with van der Waals surface area (Å²) < 4.78 is 32.9. The highest BCUT2D eigenvalue weighted by Crippen LogP contribution is 2.62. The van der Waals surface area contributed by atoms with Gasteiger partial charge < -0.3 is 15.4 Å². The molecule has 3 fully saturated rings. The number of hydrogen-bond donors (Lipinski definition) is 2. The predicted molar refractivity (Wildman–Crippen MR) is 108 cm³/mol. The van der Waals surface area contributed by atoms with Gasteiger partial charge in [-0.1, -0.05) is 6.42 Å². The third kappa shape index (κ3) is 3.32. The van der Waals surface area contributed by atoms with Crippen LogP contribution in [0.1, 0.15) is 31.2 Å². The summed E-state index contributed by atoms with van der Waals surface area (Å²) in [6, 6.07) is 3.97. The second-order valence-electron chi connectivity index (χ2n) is 7.44. The van der Waals surface area contributed by atoms with Gasteiger partial charge in [0.05, 0.1) is 6.10 Å². The highest BCUT2D eigenvalue weighted by Gasteiger charge is 2.66. The van der Waals surface area contributed by atoms with Gasteiger partial charge >= 0.3 is 0 Å². The number of benzene rings is 1. The summed E-state index contributed by atoms with van der Waals surface area (Å²) in [6.07, 6.45) is 5.65. The second-order valence-corrected chi connectivity index (χ2v) is 7.44. The minimum Gasteiger partial charge on any atom is -0.377 e. The molecule has 2 N–H and O–H groups in total. The number of rotatable bonds is 4. The molecule has 1 saturated heterocycles. The van der Waals surface area contributed by atoms with Gasteiger partial charge in [0.25, 0.3) is 0 Å². The zero-order valence-corrected chi connectivity index (χ0v) is 17.3. The molecule has 0 amide bonds. The van der Waals surface area contributed by atoms with Gasteiger partial charge in [0, 0.05) is 37.6 Å². The lowest BCUT2D eigenvalue weighted by molar-refractivity contribution is -0.171. The van der Waals surface area contributed by atoms with Crippen molar-refractivity contribution in [3.8, 4) is 0 Å². The normalized spacial score (nSPS) is 28.6. The van der Waals surface area contributed by atoms with Crippen LogP contribution in [-0.4, -0.2) is 38.3 Å². The lowest BCUT2D eigenvalue weighted by atomic mass is 9.46. The summed E-state index contributed by atoms with van der Waals surface area (Å²) in [5, 5.41) is 6.81. The lowest BCUT2D eigenvalue weighted by Gasteiger charge is -2.63. The number of hydrogen-bond acceptors (Lipinski definition) is 2. The van der Waals surface area contributed by atoms with Gasteiger partial charge in [-0.05, 0) is 49.4 Å². The Bertz CT molecular complexity index is 681. The first-order valence-corrected chi connectivity index (χ1v) is 9.17. The van der Waals surface area contributed by atoms with E-state index >= 15 is 0 Å². The molecular formula is C19H26F2IN3O. The van der Waals surface area contributed by atoms with Gasteiger partial charge in [-0.3, -0.25) is 4.99 Å². The molecular weight excluding hydrogens is 451 g/mol. The van der Waals surface area contributed by atoms with E-state index in [0.717, 1.165) is 25.1 Å². The maximum Gasteiger partial charge on any atom is 0.191 e. The van der Waals surface area contributed by atoms with Crippen molar-refractivity contribution in [2.45, 2.75) is 44.2 Å².